The number of nitrogens with zero attached hydrogens (tertiary/aromatic N) is 1. The predicted molar refractivity (Wildman–Crippen MR) is 160 cm³/mol. The third kappa shape index (κ3) is 7.74. The number of β-amino-alcohol motifs (C(OH)–C–C–N with tert-alkyl or cyclic N) is 1. The third-order valence-corrected chi connectivity index (χ3v) is 9.56. The minimum Gasteiger partial charge on any atom is -0.495 e. The van der Waals surface area contributed by atoms with Gasteiger partial charge in [-0.2, -0.15) is 4.31 Å². The minimum atomic E-state index is -3.99. The highest BCUT2D eigenvalue weighted by molar-refractivity contribution is 7.89. The van der Waals surface area contributed by atoms with Crippen LogP contribution >= 0.6 is 0 Å². The summed E-state index contributed by atoms with van der Waals surface area (Å²) in [4.78, 5) is 11.0. The van der Waals surface area contributed by atoms with Crippen molar-refractivity contribution in [2.24, 2.45) is 5.92 Å². The van der Waals surface area contributed by atoms with Crippen LogP contribution in [0.3, 0.4) is 0 Å². The van der Waals surface area contributed by atoms with E-state index in [2.05, 4.69) is 43.4 Å². The summed E-state index contributed by atoms with van der Waals surface area (Å²) in [7, 11) is -1.13. The maximum Gasteiger partial charge on any atom is 0.307 e. The maximum absolute atomic E-state index is 13.6. The van der Waals surface area contributed by atoms with E-state index in [1.54, 1.807) is 42.5 Å². The first-order chi connectivity index (χ1) is 19.4. The Morgan fingerprint density at radius 2 is 1.66 bits per heavy atom. The van der Waals surface area contributed by atoms with E-state index in [0.717, 1.165) is 29.1 Å². The smallest absolute Gasteiger partial charge is 0.307 e. The van der Waals surface area contributed by atoms with Gasteiger partial charge in [0.1, 0.15) is 10.6 Å². The van der Waals surface area contributed by atoms with Crippen molar-refractivity contribution < 1.29 is 28.2 Å². The molecule has 4 rings (SSSR count). The van der Waals surface area contributed by atoms with Crippen LogP contribution in [0.1, 0.15) is 37.0 Å². The second kappa shape index (κ2) is 12.7. The van der Waals surface area contributed by atoms with E-state index in [-0.39, 0.29) is 35.7 Å². The van der Waals surface area contributed by atoms with Crippen LogP contribution < -0.4 is 10.1 Å². The van der Waals surface area contributed by atoms with Crippen LogP contribution in [0.4, 0.5) is 0 Å². The first-order valence-electron chi connectivity index (χ1n) is 13.8. The molecule has 1 unspecified atom stereocenters. The van der Waals surface area contributed by atoms with E-state index in [1.165, 1.54) is 25.3 Å². The molecule has 0 aromatic heterocycles. The van der Waals surface area contributed by atoms with Crippen LogP contribution in [0.25, 0.3) is 11.1 Å². The molecule has 0 aliphatic heterocycles. The van der Waals surface area contributed by atoms with E-state index in [0.29, 0.717) is 17.0 Å². The number of ether oxygens (including phenoxy) is 1. The number of carbonyl (C=O) groups is 1. The van der Waals surface area contributed by atoms with Gasteiger partial charge in [0.2, 0.25) is 10.0 Å². The number of hydrogen-bond acceptors (Lipinski definition) is 6. The molecule has 0 bridgehead atoms. The standard InChI is InChI=1S/C32H40N2O6S/c1-32(2,19-23-15-25-7-5-6-8-26(25)16-23)33-20-28(35)21-34(3)41(38,39)30-18-27(13-14-29(30)40-4)24-11-9-22(10-12-24)17-31(36)37/h5-14,18,23,28,33,35H,15-17,19-21H2,1-4H3,(H,36,37). The summed E-state index contributed by atoms with van der Waals surface area (Å²) < 4.78 is 33.7. The number of hydrogen-bond donors (Lipinski definition) is 3. The molecule has 0 spiro atoms. The van der Waals surface area contributed by atoms with Gasteiger partial charge in [-0.25, -0.2) is 8.42 Å². The molecule has 1 atom stereocenters. The molecule has 3 aromatic carbocycles. The largest absolute Gasteiger partial charge is 0.495 e. The molecule has 220 valence electrons. The number of rotatable bonds is 13. The zero-order valence-electron chi connectivity index (χ0n) is 24.1. The molecule has 3 aromatic rings. The number of fused-ring (bicyclic) bond motifs is 1. The van der Waals surface area contributed by atoms with Crippen molar-refractivity contribution in [2.75, 3.05) is 27.2 Å². The van der Waals surface area contributed by atoms with Crippen molar-refractivity contribution in [1.29, 1.82) is 0 Å². The molecule has 1 aliphatic carbocycles. The second-order valence-electron chi connectivity index (χ2n) is 11.6. The van der Waals surface area contributed by atoms with Gasteiger partial charge < -0.3 is 20.3 Å². The van der Waals surface area contributed by atoms with Gasteiger partial charge in [-0.3, -0.25) is 4.79 Å². The number of aliphatic hydroxyl groups is 1. The Hall–Kier alpha value is -3.24. The summed E-state index contributed by atoms with van der Waals surface area (Å²) in [5.74, 6) is -0.183. The fourth-order valence-electron chi connectivity index (χ4n) is 5.66. The molecule has 0 saturated heterocycles. The number of aliphatic hydroxyl groups excluding tert-OH is 1. The molecular formula is C32H40N2O6S. The minimum absolute atomic E-state index is 0.00380. The SMILES string of the molecule is COc1ccc(-c2ccc(CC(=O)O)cc2)cc1S(=O)(=O)N(C)CC(O)CNC(C)(C)CC1Cc2ccccc2C1. The van der Waals surface area contributed by atoms with Gasteiger partial charge in [0, 0.05) is 25.7 Å². The molecular weight excluding hydrogens is 540 g/mol. The summed E-state index contributed by atoms with van der Waals surface area (Å²) in [6.07, 6.45) is 2.06. The van der Waals surface area contributed by atoms with Crippen LogP contribution in [0.5, 0.6) is 5.75 Å². The van der Waals surface area contributed by atoms with E-state index < -0.39 is 22.1 Å². The number of carboxylic acid groups (broad SMARTS) is 1. The molecule has 0 saturated carbocycles. The lowest BCUT2D eigenvalue weighted by Gasteiger charge is -2.31. The zero-order chi connectivity index (χ0) is 29.8. The molecule has 1 aliphatic rings. The Bertz CT molecular complexity index is 1440. The Morgan fingerprint density at radius 1 is 1.05 bits per heavy atom. The van der Waals surface area contributed by atoms with Gasteiger partial charge in [-0.15, -0.1) is 0 Å². The van der Waals surface area contributed by atoms with Gasteiger partial charge >= 0.3 is 5.97 Å². The predicted octanol–water partition coefficient (Wildman–Crippen LogP) is 4.14. The quantitative estimate of drug-likeness (QED) is 0.278. The zero-order valence-corrected chi connectivity index (χ0v) is 24.9. The summed E-state index contributed by atoms with van der Waals surface area (Å²) in [5.41, 5.74) is 4.66. The Morgan fingerprint density at radius 3 is 2.24 bits per heavy atom. The number of methoxy groups -OCH3 is 1. The van der Waals surface area contributed by atoms with Crippen LogP contribution in [-0.2, 0) is 34.1 Å². The maximum atomic E-state index is 13.6. The Balaban J connectivity index is 1.39. The van der Waals surface area contributed by atoms with Crippen LogP contribution in [0, 0.1) is 5.92 Å². The summed E-state index contributed by atoms with van der Waals surface area (Å²) in [5, 5.41) is 23.3. The van der Waals surface area contributed by atoms with E-state index in [4.69, 9.17) is 9.84 Å². The number of sulfonamides is 1. The topological polar surface area (TPSA) is 116 Å². The summed E-state index contributed by atoms with van der Waals surface area (Å²) in [6, 6.07) is 20.4. The van der Waals surface area contributed by atoms with Crippen molar-refractivity contribution in [3.05, 3.63) is 83.4 Å². The highest BCUT2D eigenvalue weighted by Crippen LogP contribution is 2.33. The Labute approximate surface area is 243 Å². The lowest BCUT2D eigenvalue weighted by Crippen LogP contribution is -2.47. The lowest BCUT2D eigenvalue weighted by atomic mass is 9.88. The molecule has 9 heteroatoms. The molecule has 0 radical (unpaired) electrons. The van der Waals surface area contributed by atoms with Crippen LogP contribution in [0.15, 0.2) is 71.6 Å². The van der Waals surface area contributed by atoms with Crippen LogP contribution in [0.2, 0.25) is 0 Å². The summed E-state index contributed by atoms with van der Waals surface area (Å²) >= 11 is 0. The highest BCUT2D eigenvalue weighted by Gasteiger charge is 2.30. The first-order valence-corrected chi connectivity index (χ1v) is 15.3. The van der Waals surface area contributed by atoms with E-state index in [1.807, 2.05) is 0 Å². The van der Waals surface area contributed by atoms with Gasteiger partial charge in [-0.1, -0.05) is 54.6 Å². The second-order valence-corrected chi connectivity index (χ2v) is 13.6. The molecule has 41 heavy (non-hydrogen) atoms. The van der Waals surface area contributed by atoms with Gasteiger partial charge in [0.25, 0.3) is 0 Å². The fourth-order valence-corrected chi connectivity index (χ4v) is 7.04. The Kier molecular flexibility index (Phi) is 9.54. The monoisotopic (exact) mass is 580 g/mol. The first kappa shape index (κ1) is 30.7. The molecule has 8 nitrogen and oxygen atoms in total. The number of benzene rings is 3. The average molecular weight is 581 g/mol. The van der Waals surface area contributed by atoms with Gasteiger partial charge in [-0.05, 0) is 79.0 Å². The van der Waals surface area contributed by atoms with Crippen molar-refractivity contribution >= 4 is 16.0 Å². The number of likely N-dealkylation sites (N-methyl/N-ethyl adjacent to an activating group) is 1. The normalized spacial score (nSPS) is 14.7. The van der Waals surface area contributed by atoms with Crippen molar-refractivity contribution in [1.82, 2.24) is 9.62 Å². The lowest BCUT2D eigenvalue weighted by molar-refractivity contribution is -0.136. The molecule has 0 heterocycles. The molecule has 0 fully saturated rings. The summed E-state index contributed by atoms with van der Waals surface area (Å²) in [6.45, 7) is 4.41. The van der Waals surface area contributed by atoms with Crippen molar-refractivity contribution in [2.45, 2.75) is 56.1 Å². The average Bonchev–Trinajstić information content (AvgIpc) is 3.33. The van der Waals surface area contributed by atoms with Crippen molar-refractivity contribution in [3.8, 4) is 16.9 Å². The van der Waals surface area contributed by atoms with E-state index >= 15 is 0 Å². The van der Waals surface area contributed by atoms with E-state index in [9.17, 15) is 18.3 Å². The highest BCUT2D eigenvalue weighted by atomic mass is 32.2. The number of nitrogens with one attached hydrogen (secondary N) is 1. The van der Waals surface area contributed by atoms with Crippen molar-refractivity contribution in [3.63, 3.8) is 0 Å². The fraction of sp³-hybridized carbons (Fsp3) is 0.406. The van der Waals surface area contributed by atoms with Gasteiger partial charge in [0.05, 0.1) is 19.6 Å². The third-order valence-electron chi connectivity index (χ3n) is 7.71. The van der Waals surface area contributed by atoms with Gasteiger partial charge in [0.15, 0.2) is 0 Å². The molecule has 0 amide bonds. The van der Waals surface area contributed by atoms with Crippen LogP contribution in [-0.4, -0.2) is 67.8 Å². The number of aliphatic carboxylic acids is 1. The number of carboxylic acids is 1. The molecule has 3 N–H and O–H groups in total.